The van der Waals surface area contributed by atoms with Gasteiger partial charge in [0.25, 0.3) is 0 Å². The maximum absolute atomic E-state index is 11.7. The van der Waals surface area contributed by atoms with Gasteiger partial charge in [-0.2, -0.15) is 0 Å². The van der Waals surface area contributed by atoms with E-state index < -0.39 is 18.1 Å². The van der Waals surface area contributed by atoms with Crippen molar-refractivity contribution >= 4 is 29.3 Å². The number of carbonyl (C=O) groups excluding carboxylic acids is 1. The lowest BCUT2D eigenvalue weighted by Gasteiger charge is -2.13. The second-order valence-electron chi connectivity index (χ2n) is 4.48. The Morgan fingerprint density at radius 2 is 2.10 bits per heavy atom. The van der Waals surface area contributed by atoms with E-state index in [1.807, 2.05) is 0 Å². The van der Waals surface area contributed by atoms with Crippen molar-refractivity contribution in [2.24, 2.45) is 0 Å². The number of urea groups is 1. The SMILES string of the molecule is O=C(NCC1CCC(C(=O)O)O1)Nc1ccccc1Cl. The summed E-state index contributed by atoms with van der Waals surface area (Å²) in [6, 6.07) is 6.49. The zero-order chi connectivity index (χ0) is 14.5. The highest BCUT2D eigenvalue weighted by Crippen LogP contribution is 2.21. The Bertz CT molecular complexity index is 509. The van der Waals surface area contributed by atoms with Gasteiger partial charge in [-0.1, -0.05) is 23.7 Å². The Kier molecular flexibility index (Phi) is 4.81. The molecule has 0 bridgehead atoms. The number of carboxylic acid groups (broad SMARTS) is 1. The van der Waals surface area contributed by atoms with Crippen LogP contribution in [0.2, 0.25) is 5.02 Å². The molecule has 1 aliphatic heterocycles. The monoisotopic (exact) mass is 298 g/mol. The van der Waals surface area contributed by atoms with Gasteiger partial charge in [-0.15, -0.1) is 0 Å². The topological polar surface area (TPSA) is 87.7 Å². The third kappa shape index (κ3) is 3.85. The van der Waals surface area contributed by atoms with Gasteiger partial charge in [-0.3, -0.25) is 0 Å². The van der Waals surface area contributed by atoms with Crippen LogP contribution >= 0.6 is 11.6 Å². The van der Waals surface area contributed by atoms with Gasteiger partial charge in [-0.25, -0.2) is 9.59 Å². The molecule has 1 aromatic rings. The zero-order valence-corrected chi connectivity index (χ0v) is 11.4. The highest BCUT2D eigenvalue weighted by atomic mass is 35.5. The molecule has 2 amide bonds. The largest absolute Gasteiger partial charge is 0.479 e. The molecule has 2 rings (SSSR count). The molecule has 1 aromatic carbocycles. The second-order valence-corrected chi connectivity index (χ2v) is 4.88. The highest BCUT2D eigenvalue weighted by Gasteiger charge is 2.30. The Morgan fingerprint density at radius 3 is 2.75 bits per heavy atom. The van der Waals surface area contributed by atoms with Crippen LogP contribution in [-0.2, 0) is 9.53 Å². The van der Waals surface area contributed by atoms with Crippen LogP contribution in [0.3, 0.4) is 0 Å². The van der Waals surface area contributed by atoms with E-state index in [0.717, 1.165) is 0 Å². The first-order valence-electron chi connectivity index (χ1n) is 6.24. The maximum atomic E-state index is 11.7. The number of halogens is 1. The van der Waals surface area contributed by atoms with Gasteiger partial charge in [0.2, 0.25) is 0 Å². The molecular formula is C13H15ClN2O4. The van der Waals surface area contributed by atoms with Gasteiger partial charge in [-0.05, 0) is 25.0 Å². The minimum absolute atomic E-state index is 0.264. The van der Waals surface area contributed by atoms with Crippen LogP contribution in [0.5, 0.6) is 0 Å². The van der Waals surface area contributed by atoms with Gasteiger partial charge in [0.1, 0.15) is 0 Å². The summed E-state index contributed by atoms with van der Waals surface area (Å²) < 4.78 is 5.28. The summed E-state index contributed by atoms with van der Waals surface area (Å²) in [4.78, 5) is 22.4. The summed E-state index contributed by atoms with van der Waals surface area (Å²) >= 11 is 5.92. The lowest BCUT2D eigenvalue weighted by Crippen LogP contribution is -2.35. The van der Waals surface area contributed by atoms with Gasteiger partial charge >= 0.3 is 12.0 Å². The average molecular weight is 299 g/mol. The third-order valence-electron chi connectivity index (χ3n) is 3.00. The van der Waals surface area contributed by atoms with Gasteiger partial charge < -0.3 is 20.5 Å². The first-order valence-corrected chi connectivity index (χ1v) is 6.61. The molecule has 3 N–H and O–H groups in total. The molecule has 7 heteroatoms. The van der Waals surface area contributed by atoms with Gasteiger partial charge in [0.05, 0.1) is 16.8 Å². The van der Waals surface area contributed by atoms with Crippen LogP contribution in [0.4, 0.5) is 10.5 Å². The van der Waals surface area contributed by atoms with E-state index in [-0.39, 0.29) is 12.6 Å². The number of aliphatic carboxylic acids is 1. The first kappa shape index (κ1) is 14.6. The number of para-hydroxylation sites is 1. The molecule has 2 atom stereocenters. The number of hydrogen-bond acceptors (Lipinski definition) is 3. The molecule has 0 aromatic heterocycles. The molecule has 2 unspecified atom stereocenters. The van der Waals surface area contributed by atoms with E-state index in [1.165, 1.54) is 0 Å². The van der Waals surface area contributed by atoms with Crippen molar-refractivity contribution < 1.29 is 19.4 Å². The average Bonchev–Trinajstić information content (AvgIpc) is 2.88. The van der Waals surface area contributed by atoms with Gasteiger partial charge in [0.15, 0.2) is 6.10 Å². The normalized spacial score (nSPS) is 21.4. The van der Waals surface area contributed by atoms with E-state index in [2.05, 4.69) is 10.6 Å². The predicted octanol–water partition coefficient (Wildman–Crippen LogP) is 2.09. The Labute approximate surface area is 121 Å². The van der Waals surface area contributed by atoms with Crippen LogP contribution in [0.25, 0.3) is 0 Å². The number of anilines is 1. The minimum Gasteiger partial charge on any atom is -0.479 e. The predicted molar refractivity (Wildman–Crippen MR) is 74.0 cm³/mol. The summed E-state index contributed by atoms with van der Waals surface area (Å²) in [6.07, 6.45) is 0.0403. The fraction of sp³-hybridized carbons (Fsp3) is 0.385. The van der Waals surface area contributed by atoms with E-state index in [4.69, 9.17) is 21.4 Å². The Hall–Kier alpha value is -1.79. The summed E-state index contributed by atoms with van der Waals surface area (Å²) in [5, 5.41) is 14.5. The fourth-order valence-electron chi connectivity index (χ4n) is 1.97. The summed E-state index contributed by atoms with van der Waals surface area (Å²) in [6.45, 7) is 0.264. The van der Waals surface area contributed by atoms with Crippen molar-refractivity contribution in [1.29, 1.82) is 0 Å². The lowest BCUT2D eigenvalue weighted by molar-refractivity contribution is -0.149. The number of nitrogens with one attached hydrogen (secondary N) is 2. The molecule has 6 nitrogen and oxygen atoms in total. The molecule has 0 radical (unpaired) electrons. The molecule has 1 saturated heterocycles. The van der Waals surface area contributed by atoms with Crippen LogP contribution < -0.4 is 10.6 Å². The molecule has 0 spiro atoms. The van der Waals surface area contributed by atoms with Crippen LogP contribution in [0.15, 0.2) is 24.3 Å². The number of ether oxygens (including phenoxy) is 1. The number of carbonyl (C=O) groups is 2. The molecule has 0 aliphatic carbocycles. The molecule has 108 valence electrons. The molecule has 1 aliphatic rings. The van der Waals surface area contributed by atoms with Crippen molar-refractivity contribution in [2.75, 3.05) is 11.9 Å². The number of hydrogen-bond donors (Lipinski definition) is 3. The second kappa shape index (κ2) is 6.58. The summed E-state index contributed by atoms with van der Waals surface area (Å²) in [5.74, 6) is -0.965. The number of benzene rings is 1. The van der Waals surface area contributed by atoms with Crippen LogP contribution in [-0.4, -0.2) is 35.9 Å². The third-order valence-corrected chi connectivity index (χ3v) is 3.32. The van der Waals surface area contributed by atoms with Crippen molar-refractivity contribution in [3.05, 3.63) is 29.3 Å². The van der Waals surface area contributed by atoms with E-state index >= 15 is 0 Å². The molecule has 20 heavy (non-hydrogen) atoms. The zero-order valence-electron chi connectivity index (χ0n) is 10.6. The van der Waals surface area contributed by atoms with Crippen LogP contribution in [0, 0.1) is 0 Å². The number of rotatable bonds is 4. The van der Waals surface area contributed by atoms with E-state index in [9.17, 15) is 9.59 Å². The number of amides is 2. The summed E-state index contributed by atoms with van der Waals surface area (Å²) in [5.41, 5.74) is 0.516. The smallest absolute Gasteiger partial charge is 0.332 e. The van der Waals surface area contributed by atoms with Gasteiger partial charge in [0, 0.05) is 6.54 Å². The first-order chi connectivity index (χ1) is 9.56. The van der Waals surface area contributed by atoms with Crippen molar-refractivity contribution in [2.45, 2.75) is 25.0 Å². The maximum Gasteiger partial charge on any atom is 0.332 e. The molecule has 0 saturated carbocycles. The Balaban J connectivity index is 1.76. The molecule has 1 fully saturated rings. The molecule has 1 heterocycles. The molecular weight excluding hydrogens is 284 g/mol. The van der Waals surface area contributed by atoms with Crippen LogP contribution in [0.1, 0.15) is 12.8 Å². The number of carboxylic acids is 1. The highest BCUT2D eigenvalue weighted by molar-refractivity contribution is 6.33. The quantitative estimate of drug-likeness (QED) is 0.794. The van der Waals surface area contributed by atoms with Crippen molar-refractivity contribution in [3.63, 3.8) is 0 Å². The minimum atomic E-state index is -0.965. The summed E-state index contributed by atoms with van der Waals surface area (Å²) in [7, 11) is 0. The van der Waals surface area contributed by atoms with E-state index in [1.54, 1.807) is 24.3 Å². The Morgan fingerprint density at radius 1 is 1.35 bits per heavy atom. The lowest BCUT2D eigenvalue weighted by atomic mass is 10.2. The fourth-order valence-corrected chi connectivity index (χ4v) is 2.16. The van der Waals surface area contributed by atoms with Crippen molar-refractivity contribution in [1.82, 2.24) is 5.32 Å². The van der Waals surface area contributed by atoms with Crippen molar-refractivity contribution in [3.8, 4) is 0 Å². The standard InChI is InChI=1S/C13H15ClN2O4/c14-9-3-1-2-4-10(9)16-13(19)15-7-8-5-6-11(20-8)12(17)18/h1-4,8,11H,5-7H2,(H,17,18)(H2,15,16,19). The van der Waals surface area contributed by atoms with E-state index in [0.29, 0.717) is 23.6 Å².